The molecule has 1 aliphatic heterocycles. The van der Waals surface area contributed by atoms with Crippen molar-refractivity contribution in [3.8, 4) is 0 Å². The number of nitrogens with one attached hydrogen (secondary N) is 2. The van der Waals surface area contributed by atoms with Gasteiger partial charge in [0, 0.05) is 0 Å². The molecule has 0 spiro atoms. The van der Waals surface area contributed by atoms with Gasteiger partial charge in [-0.3, -0.25) is 4.84 Å². The van der Waals surface area contributed by atoms with E-state index >= 15 is 0 Å². The highest BCUT2D eigenvalue weighted by molar-refractivity contribution is 5.73. The average Bonchev–Trinajstić information content (AvgIpc) is 2.19. The zero-order valence-electron chi connectivity index (χ0n) is 6.99. The zero-order valence-corrected chi connectivity index (χ0v) is 6.99. The average molecular weight is 178 g/mol. The number of urea groups is 1. The maximum atomic E-state index is 10.9. The molecule has 1 aromatic carbocycles. The van der Waals surface area contributed by atoms with Gasteiger partial charge in [-0.15, -0.1) is 0 Å². The molecule has 1 fully saturated rings. The Morgan fingerprint density at radius 1 is 1.31 bits per heavy atom. The minimum absolute atomic E-state index is 0.0463. The molecule has 1 atom stereocenters. The van der Waals surface area contributed by atoms with Crippen LogP contribution in [-0.4, -0.2) is 12.6 Å². The van der Waals surface area contributed by atoms with Crippen LogP contribution >= 0.6 is 0 Å². The normalized spacial score (nSPS) is 21.8. The van der Waals surface area contributed by atoms with Crippen LogP contribution in [0.2, 0.25) is 0 Å². The highest BCUT2D eigenvalue weighted by Crippen LogP contribution is 2.13. The van der Waals surface area contributed by atoms with Gasteiger partial charge in [0.05, 0.1) is 12.6 Å². The molecule has 0 aromatic heterocycles. The molecule has 0 bridgehead atoms. The highest BCUT2D eigenvalue weighted by Gasteiger charge is 2.19. The molecule has 0 radical (unpaired) electrons. The lowest BCUT2D eigenvalue weighted by Gasteiger charge is -2.23. The van der Waals surface area contributed by atoms with E-state index < -0.39 is 0 Å². The topological polar surface area (TPSA) is 50.4 Å². The van der Waals surface area contributed by atoms with Gasteiger partial charge in [-0.2, -0.15) is 0 Å². The predicted molar refractivity (Wildman–Crippen MR) is 46.8 cm³/mol. The second-order valence-electron chi connectivity index (χ2n) is 2.85. The van der Waals surface area contributed by atoms with Crippen molar-refractivity contribution in [1.29, 1.82) is 0 Å². The molecule has 0 aliphatic carbocycles. The van der Waals surface area contributed by atoms with E-state index in [2.05, 4.69) is 10.8 Å². The Hall–Kier alpha value is -1.55. The quantitative estimate of drug-likeness (QED) is 0.673. The van der Waals surface area contributed by atoms with Crippen molar-refractivity contribution < 1.29 is 9.63 Å². The summed E-state index contributed by atoms with van der Waals surface area (Å²) in [7, 11) is 0. The Kier molecular flexibility index (Phi) is 2.14. The number of carbonyl (C=O) groups excluding carboxylic acids is 1. The van der Waals surface area contributed by atoms with Crippen LogP contribution in [0.1, 0.15) is 11.6 Å². The summed E-state index contributed by atoms with van der Waals surface area (Å²) < 4.78 is 0. The first-order valence-electron chi connectivity index (χ1n) is 4.09. The first kappa shape index (κ1) is 8.07. The van der Waals surface area contributed by atoms with Crippen molar-refractivity contribution in [2.24, 2.45) is 0 Å². The molecule has 2 N–H and O–H groups in total. The van der Waals surface area contributed by atoms with E-state index in [0.717, 1.165) is 5.56 Å². The first-order valence-corrected chi connectivity index (χ1v) is 4.09. The van der Waals surface area contributed by atoms with Gasteiger partial charge in [-0.05, 0) is 5.56 Å². The van der Waals surface area contributed by atoms with Crippen LogP contribution in [-0.2, 0) is 4.84 Å². The first-order chi connectivity index (χ1) is 6.36. The van der Waals surface area contributed by atoms with E-state index in [1.165, 1.54) is 0 Å². The number of carbonyl (C=O) groups is 1. The van der Waals surface area contributed by atoms with E-state index in [0.29, 0.717) is 6.61 Å². The van der Waals surface area contributed by atoms with Crippen molar-refractivity contribution in [2.75, 3.05) is 6.61 Å². The van der Waals surface area contributed by atoms with E-state index in [4.69, 9.17) is 4.84 Å². The van der Waals surface area contributed by atoms with E-state index in [1.54, 1.807) is 0 Å². The standard InChI is InChI=1S/C9H10N2O2/c12-9-10-8(6-13-11-9)7-4-2-1-3-5-7/h1-5,8H,6H2,(H2,10,11,12). The Balaban J connectivity index is 2.13. The summed E-state index contributed by atoms with van der Waals surface area (Å²) in [5.41, 5.74) is 3.28. The lowest BCUT2D eigenvalue weighted by molar-refractivity contribution is 0.0231. The molecular weight excluding hydrogens is 168 g/mol. The highest BCUT2D eigenvalue weighted by atomic mass is 16.7. The van der Waals surface area contributed by atoms with E-state index in [-0.39, 0.29) is 12.1 Å². The van der Waals surface area contributed by atoms with Crippen molar-refractivity contribution in [2.45, 2.75) is 6.04 Å². The van der Waals surface area contributed by atoms with Gasteiger partial charge in [-0.1, -0.05) is 30.3 Å². The monoisotopic (exact) mass is 178 g/mol. The van der Waals surface area contributed by atoms with Gasteiger partial charge in [0.2, 0.25) is 0 Å². The molecular formula is C9H10N2O2. The van der Waals surface area contributed by atoms with Gasteiger partial charge in [-0.25, -0.2) is 10.3 Å². The van der Waals surface area contributed by atoms with E-state index in [1.807, 2.05) is 30.3 Å². The Morgan fingerprint density at radius 2 is 2.08 bits per heavy atom. The van der Waals surface area contributed by atoms with Crippen LogP contribution in [0.5, 0.6) is 0 Å². The van der Waals surface area contributed by atoms with Gasteiger partial charge in [0.15, 0.2) is 0 Å². The molecule has 1 saturated heterocycles. The van der Waals surface area contributed by atoms with Gasteiger partial charge in [0.1, 0.15) is 0 Å². The largest absolute Gasteiger partial charge is 0.339 e. The Labute approximate surface area is 75.8 Å². The Morgan fingerprint density at radius 3 is 2.77 bits per heavy atom. The van der Waals surface area contributed by atoms with Crippen molar-refractivity contribution >= 4 is 6.03 Å². The van der Waals surface area contributed by atoms with Crippen LogP contribution in [0.3, 0.4) is 0 Å². The lowest BCUT2D eigenvalue weighted by Crippen LogP contribution is -2.46. The minimum Gasteiger partial charge on any atom is -0.327 e. The van der Waals surface area contributed by atoms with Crippen LogP contribution in [0.4, 0.5) is 4.79 Å². The zero-order chi connectivity index (χ0) is 9.10. The van der Waals surface area contributed by atoms with Gasteiger partial charge >= 0.3 is 6.03 Å². The molecule has 1 heterocycles. The number of hydroxylamine groups is 1. The molecule has 68 valence electrons. The molecule has 1 aliphatic rings. The minimum atomic E-state index is -0.292. The summed E-state index contributed by atoms with van der Waals surface area (Å²) in [4.78, 5) is 15.8. The summed E-state index contributed by atoms with van der Waals surface area (Å²) in [5, 5.41) is 2.76. The summed E-state index contributed by atoms with van der Waals surface area (Å²) in [6, 6.07) is 9.38. The smallest absolute Gasteiger partial charge is 0.327 e. The van der Waals surface area contributed by atoms with Crippen LogP contribution in [0, 0.1) is 0 Å². The molecule has 2 amide bonds. The third-order valence-electron chi connectivity index (χ3n) is 1.92. The molecule has 4 heteroatoms. The second kappa shape index (κ2) is 3.45. The third-order valence-corrected chi connectivity index (χ3v) is 1.92. The summed E-state index contributed by atoms with van der Waals surface area (Å²) in [6.45, 7) is 0.454. The van der Waals surface area contributed by atoms with Crippen LogP contribution in [0.25, 0.3) is 0 Å². The molecule has 2 rings (SSSR count). The van der Waals surface area contributed by atoms with Gasteiger partial charge < -0.3 is 5.32 Å². The number of benzene rings is 1. The fourth-order valence-electron chi connectivity index (χ4n) is 1.28. The maximum absolute atomic E-state index is 10.9. The number of amides is 2. The fourth-order valence-corrected chi connectivity index (χ4v) is 1.28. The molecule has 13 heavy (non-hydrogen) atoms. The third kappa shape index (κ3) is 1.78. The SMILES string of the molecule is O=C1NOCC(c2ccccc2)N1. The van der Waals surface area contributed by atoms with Crippen LogP contribution in [0.15, 0.2) is 30.3 Å². The number of hydrogen-bond donors (Lipinski definition) is 2. The van der Waals surface area contributed by atoms with Gasteiger partial charge in [0.25, 0.3) is 0 Å². The fraction of sp³-hybridized carbons (Fsp3) is 0.222. The number of hydrogen-bond acceptors (Lipinski definition) is 2. The van der Waals surface area contributed by atoms with Crippen molar-refractivity contribution in [1.82, 2.24) is 10.8 Å². The summed E-state index contributed by atoms with van der Waals surface area (Å²) >= 11 is 0. The summed E-state index contributed by atoms with van der Waals surface area (Å²) in [6.07, 6.45) is 0. The lowest BCUT2D eigenvalue weighted by atomic mass is 10.1. The maximum Gasteiger partial charge on any atom is 0.339 e. The van der Waals surface area contributed by atoms with E-state index in [9.17, 15) is 4.79 Å². The van der Waals surface area contributed by atoms with Crippen LogP contribution < -0.4 is 10.8 Å². The molecule has 1 aromatic rings. The number of rotatable bonds is 1. The van der Waals surface area contributed by atoms with Crippen molar-refractivity contribution in [3.05, 3.63) is 35.9 Å². The molecule has 0 saturated carbocycles. The summed E-state index contributed by atoms with van der Waals surface area (Å²) in [5.74, 6) is 0. The predicted octanol–water partition coefficient (Wildman–Crippen LogP) is 0.972. The molecule has 1 unspecified atom stereocenters. The Bertz CT molecular complexity index is 300. The van der Waals surface area contributed by atoms with Crippen molar-refractivity contribution in [3.63, 3.8) is 0 Å². The molecule has 4 nitrogen and oxygen atoms in total. The second-order valence-corrected chi connectivity index (χ2v) is 2.85.